The van der Waals surface area contributed by atoms with Crippen LogP contribution in [0.15, 0.2) is 12.6 Å². The third-order valence-electron chi connectivity index (χ3n) is 2.22. The van der Waals surface area contributed by atoms with Gasteiger partial charge in [0.25, 0.3) is 0 Å². The lowest BCUT2D eigenvalue weighted by Gasteiger charge is -2.11. The Morgan fingerprint density at radius 1 is 1.67 bits per heavy atom. The monoisotopic (exact) mass is 225 g/mol. The molecule has 1 aromatic carbocycles. The fourth-order valence-electron chi connectivity index (χ4n) is 1.33. The van der Waals surface area contributed by atoms with Crippen molar-refractivity contribution in [3.05, 3.63) is 34.4 Å². The van der Waals surface area contributed by atoms with Gasteiger partial charge in [0.05, 0.1) is 18.4 Å². The van der Waals surface area contributed by atoms with E-state index in [1.807, 2.05) is 6.92 Å². The number of methoxy groups -OCH3 is 1. The highest BCUT2D eigenvalue weighted by Gasteiger charge is 2.16. The maximum Gasteiger partial charge on any atom is 0.340 e. The molecule has 0 atom stereocenters. The van der Waals surface area contributed by atoms with Gasteiger partial charge in [0.15, 0.2) is 0 Å². The van der Waals surface area contributed by atoms with E-state index in [1.54, 1.807) is 6.08 Å². The minimum Gasteiger partial charge on any atom is -0.465 e. The summed E-state index contributed by atoms with van der Waals surface area (Å²) in [5.41, 5.74) is 7.89. The van der Waals surface area contributed by atoms with E-state index >= 15 is 0 Å². The van der Waals surface area contributed by atoms with Crippen LogP contribution in [-0.4, -0.2) is 13.1 Å². The van der Waals surface area contributed by atoms with Crippen LogP contribution in [0.2, 0.25) is 5.02 Å². The number of rotatable bonds is 2. The third-order valence-corrected chi connectivity index (χ3v) is 2.62. The largest absolute Gasteiger partial charge is 0.465 e. The second-order valence-electron chi connectivity index (χ2n) is 3.05. The molecule has 0 radical (unpaired) electrons. The van der Waals surface area contributed by atoms with Crippen molar-refractivity contribution in [1.82, 2.24) is 0 Å². The van der Waals surface area contributed by atoms with Crippen LogP contribution in [0.1, 0.15) is 21.5 Å². The van der Waals surface area contributed by atoms with Gasteiger partial charge in [-0.2, -0.15) is 0 Å². The molecule has 4 heteroatoms. The zero-order chi connectivity index (χ0) is 11.6. The number of ether oxygens (including phenoxy) is 1. The Hall–Kier alpha value is -1.48. The summed E-state index contributed by atoms with van der Waals surface area (Å²) < 4.78 is 4.60. The van der Waals surface area contributed by atoms with Crippen molar-refractivity contribution in [2.75, 3.05) is 12.8 Å². The minimum atomic E-state index is -0.502. The Morgan fingerprint density at radius 2 is 2.27 bits per heavy atom. The molecule has 0 saturated carbocycles. The standard InChI is InChI=1S/C11H12ClNO2/c1-4-7-6(2)9(12)5-8(10(7)13)11(14)15-3/h4-5H,1,13H2,2-3H3. The number of benzene rings is 1. The molecule has 2 N–H and O–H groups in total. The molecule has 1 aromatic rings. The molecule has 0 heterocycles. The summed E-state index contributed by atoms with van der Waals surface area (Å²) in [6.45, 7) is 5.45. The predicted octanol–water partition coefficient (Wildman–Crippen LogP) is 2.66. The first-order valence-corrected chi connectivity index (χ1v) is 4.70. The molecule has 0 aromatic heterocycles. The molecule has 80 valence electrons. The average Bonchev–Trinajstić information content (AvgIpc) is 2.23. The van der Waals surface area contributed by atoms with Crippen LogP contribution < -0.4 is 5.73 Å². The van der Waals surface area contributed by atoms with Gasteiger partial charge < -0.3 is 10.5 Å². The second-order valence-corrected chi connectivity index (χ2v) is 3.46. The average molecular weight is 226 g/mol. The summed E-state index contributed by atoms with van der Waals surface area (Å²) in [5.74, 6) is -0.502. The van der Waals surface area contributed by atoms with Gasteiger partial charge in [0, 0.05) is 10.6 Å². The first kappa shape index (κ1) is 11.6. The summed E-state index contributed by atoms with van der Waals surface area (Å²) in [5, 5.41) is 0.472. The van der Waals surface area contributed by atoms with Crippen LogP contribution in [0.25, 0.3) is 6.08 Å². The van der Waals surface area contributed by atoms with Gasteiger partial charge in [-0.3, -0.25) is 0 Å². The Balaban J connectivity index is 3.50. The van der Waals surface area contributed by atoms with Crippen LogP contribution in [0.4, 0.5) is 5.69 Å². The van der Waals surface area contributed by atoms with Crippen LogP contribution in [-0.2, 0) is 4.74 Å². The highest BCUT2D eigenvalue weighted by Crippen LogP contribution is 2.29. The van der Waals surface area contributed by atoms with E-state index in [4.69, 9.17) is 17.3 Å². The van der Waals surface area contributed by atoms with Crippen molar-refractivity contribution in [3.63, 3.8) is 0 Å². The predicted molar refractivity (Wildman–Crippen MR) is 62.0 cm³/mol. The number of anilines is 1. The maximum absolute atomic E-state index is 11.4. The number of carbonyl (C=O) groups is 1. The lowest BCUT2D eigenvalue weighted by Crippen LogP contribution is -2.08. The molecule has 0 saturated heterocycles. The van der Waals surface area contributed by atoms with E-state index in [9.17, 15) is 4.79 Å². The number of halogens is 1. The van der Waals surface area contributed by atoms with E-state index in [0.29, 0.717) is 16.3 Å². The number of nitrogens with two attached hydrogens (primary N) is 1. The number of carbonyl (C=O) groups excluding carboxylic acids is 1. The van der Waals surface area contributed by atoms with Crippen LogP contribution in [0.3, 0.4) is 0 Å². The van der Waals surface area contributed by atoms with Gasteiger partial charge in [0.2, 0.25) is 0 Å². The third kappa shape index (κ3) is 1.97. The quantitative estimate of drug-likeness (QED) is 0.622. The Morgan fingerprint density at radius 3 is 2.73 bits per heavy atom. The number of esters is 1. The van der Waals surface area contributed by atoms with Gasteiger partial charge in [0.1, 0.15) is 0 Å². The van der Waals surface area contributed by atoms with Crippen molar-refractivity contribution in [2.45, 2.75) is 6.92 Å². The number of hydrogen-bond donors (Lipinski definition) is 1. The SMILES string of the molecule is C=Cc1c(C)c(Cl)cc(C(=O)OC)c1N. The Bertz CT molecular complexity index is 427. The van der Waals surface area contributed by atoms with Gasteiger partial charge >= 0.3 is 5.97 Å². The zero-order valence-corrected chi connectivity index (χ0v) is 9.39. The summed E-state index contributed by atoms with van der Waals surface area (Å²) >= 11 is 5.96. The summed E-state index contributed by atoms with van der Waals surface area (Å²) in [7, 11) is 1.29. The molecule has 0 spiro atoms. The van der Waals surface area contributed by atoms with Crippen molar-refractivity contribution in [3.8, 4) is 0 Å². The minimum absolute atomic E-state index is 0.267. The zero-order valence-electron chi connectivity index (χ0n) is 8.63. The molecular weight excluding hydrogens is 214 g/mol. The molecule has 15 heavy (non-hydrogen) atoms. The molecule has 0 amide bonds. The summed E-state index contributed by atoms with van der Waals surface area (Å²) in [4.78, 5) is 11.4. The van der Waals surface area contributed by atoms with Crippen molar-refractivity contribution < 1.29 is 9.53 Å². The molecule has 0 bridgehead atoms. The van der Waals surface area contributed by atoms with Crippen LogP contribution >= 0.6 is 11.6 Å². The highest BCUT2D eigenvalue weighted by atomic mass is 35.5. The van der Waals surface area contributed by atoms with E-state index in [1.165, 1.54) is 13.2 Å². The first-order valence-electron chi connectivity index (χ1n) is 4.32. The Kier molecular flexibility index (Phi) is 3.37. The molecular formula is C11H12ClNO2. The topological polar surface area (TPSA) is 52.3 Å². The molecule has 0 fully saturated rings. The van der Waals surface area contributed by atoms with E-state index in [-0.39, 0.29) is 5.56 Å². The summed E-state index contributed by atoms with van der Waals surface area (Å²) in [6, 6.07) is 1.51. The molecule has 0 aliphatic heterocycles. The van der Waals surface area contributed by atoms with E-state index in [2.05, 4.69) is 11.3 Å². The normalized spacial score (nSPS) is 9.80. The Labute approximate surface area is 93.5 Å². The first-order chi connectivity index (χ1) is 7.02. The number of nitrogen functional groups attached to an aromatic ring is 1. The highest BCUT2D eigenvalue weighted by molar-refractivity contribution is 6.32. The molecule has 0 unspecified atom stereocenters. The van der Waals surface area contributed by atoms with Crippen LogP contribution in [0, 0.1) is 6.92 Å². The lowest BCUT2D eigenvalue weighted by atomic mass is 10.0. The van der Waals surface area contributed by atoms with Gasteiger partial charge in [-0.1, -0.05) is 24.3 Å². The lowest BCUT2D eigenvalue weighted by molar-refractivity contribution is 0.0602. The van der Waals surface area contributed by atoms with Crippen molar-refractivity contribution in [1.29, 1.82) is 0 Å². The fourth-order valence-corrected chi connectivity index (χ4v) is 1.54. The van der Waals surface area contributed by atoms with Gasteiger partial charge in [-0.15, -0.1) is 0 Å². The molecule has 1 rings (SSSR count). The van der Waals surface area contributed by atoms with Gasteiger partial charge in [-0.25, -0.2) is 4.79 Å². The van der Waals surface area contributed by atoms with Gasteiger partial charge in [-0.05, 0) is 18.6 Å². The van der Waals surface area contributed by atoms with E-state index in [0.717, 1.165) is 5.56 Å². The van der Waals surface area contributed by atoms with E-state index < -0.39 is 5.97 Å². The number of hydrogen-bond acceptors (Lipinski definition) is 3. The molecule has 0 aliphatic rings. The molecule has 3 nitrogen and oxygen atoms in total. The molecule has 0 aliphatic carbocycles. The smallest absolute Gasteiger partial charge is 0.340 e. The van der Waals surface area contributed by atoms with Crippen molar-refractivity contribution >= 4 is 29.3 Å². The summed E-state index contributed by atoms with van der Waals surface area (Å²) in [6.07, 6.45) is 1.57. The van der Waals surface area contributed by atoms with Crippen LogP contribution in [0.5, 0.6) is 0 Å². The van der Waals surface area contributed by atoms with Crippen molar-refractivity contribution in [2.24, 2.45) is 0 Å². The fraction of sp³-hybridized carbons (Fsp3) is 0.182. The second kappa shape index (κ2) is 4.36. The maximum atomic E-state index is 11.4.